The third kappa shape index (κ3) is 6.10. The normalized spacial score (nSPS) is 11.0. The molecule has 0 aliphatic heterocycles. The Balaban J connectivity index is 1.54. The van der Waals surface area contributed by atoms with Gasteiger partial charge in [-0.3, -0.25) is 9.59 Å². The lowest BCUT2D eigenvalue weighted by atomic mass is 10.0. The molecule has 0 heterocycles. The maximum atomic E-state index is 12.9. The number of alkyl halides is 3. The smallest absolute Gasteiger partial charge is 0.416 e. The van der Waals surface area contributed by atoms with Crippen molar-refractivity contribution in [3.8, 4) is 16.9 Å². The maximum absolute atomic E-state index is 12.9. The SMILES string of the molecule is COc1cccc(CNC(=O)CNC(=O)c2ccc(-c3cccc(C(F)(F)F)c3)cc2)c1. The van der Waals surface area contributed by atoms with Crippen molar-refractivity contribution >= 4 is 11.8 Å². The van der Waals surface area contributed by atoms with Gasteiger partial charge in [-0.05, 0) is 53.1 Å². The topological polar surface area (TPSA) is 67.4 Å². The standard InChI is InChI=1S/C24H21F3N2O3/c1-32-21-7-2-4-16(12-21)14-28-22(30)15-29-23(31)18-10-8-17(9-11-18)19-5-3-6-20(13-19)24(25,26)27/h2-13H,14-15H2,1H3,(H,28,30)(H,29,31). The van der Waals surface area contributed by atoms with Crippen LogP contribution in [-0.4, -0.2) is 25.5 Å². The minimum Gasteiger partial charge on any atom is -0.497 e. The van der Waals surface area contributed by atoms with Crippen molar-refractivity contribution in [3.63, 3.8) is 0 Å². The number of carbonyl (C=O) groups is 2. The van der Waals surface area contributed by atoms with Crippen LogP contribution in [0.15, 0.2) is 72.8 Å². The molecule has 3 rings (SSSR count). The molecule has 0 fully saturated rings. The quantitative estimate of drug-likeness (QED) is 0.569. The molecule has 0 radical (unpaired) electrons. The lowest BCUT2D eigenvalue weighted by Crippen LogP contribution is -2.36. The number of hydrogen-bond donors (Lipinski definition) is 2. The Morgan fingerprint density at radius 2 is 1.59 bits per heavy atom. The third-order valence-electron chi connectivity index (χ3n) is 4.70. The molecule has 0 bridgehead atoms. The Labute approximate surface area is 183 Å². The summed E-state index contributed by atoms with van der Waals surface area (Å²) in [5.74, 6) is -0.141. The third-order valence-corrected chi connectivity index (χ3v) is 4.70. The molecule has 3 aromatic carbocycles. The molecule has 0 saturated carbocycles. The number of ether oxygens (including phenoxy) is 1. The summed E-state index contributed by atoms with van der Waals surface area (Å²) in [6.45, 7) is 0.0791. The zero-order chi connectivity index (χ0) is 23.1. The van der Waals surface area contributed by atoms with Crippen molar-refractivity contribution < 1.29 is 27.5 Å². The number of amides is 2. The van der Waals surface area contributed by atoms with Gasteiger partial charge in [0.2, 0.25) is 5.91 Å². The van der Waals surface area contributed by atoms with Gasteiger partial charge < -0.3 is 15.4 Å². The number of methoxy groups -OCH3 is 1. The summed E-state index contributed by atoms with van der Waals surface area (Å²) in [5.41, 5.74) is 1.35. The summed E-state index contributed by atoms with van der Waals surface area (Å²) in [5, 5.41) is 5.23. The number of hydrogen-bond acceptors (Lipinski definition) is 3. The van der Waals surface area contributed by atoms with E-state index in [0.29, 0.717) is 22.4 Å². The van der Waals surface area contributed by atoms with E-state index in [9.17, 15) is 22.8 Å². The molecule has 166 valence electrons. The lowest BCUT2D eigenvalue weighted by Gasteiger charge is -2.10. The average Bonchev–Trinajstić information content (AvgIpc) is 2.81. The lowest BCUT2D eigenvalue weighted by molar-refractivity contribution is -0.137. The molecular formula is C24H21F3N2O3. The number of nitrogens with one attached hydrogen (secondary N) is 2. The van der Waals surface area contributed by atoms with Crippen LogP contribution >= 0.6 is 0 Å². The van der Waals surface area contributed by atoms with Gasteiger partial charge in [-0.2, -0.15) is 13.2 Å². The van der Waals surface area contributed by atoms with Crippen molar-refractivity contribution in [2.75, 3.05) is 13.7 Å². The van der Waals surface area contributed by atoms with Crippen molar-refractivity contribution in [1.82, 2.24) is 10.6 Å². The van der Waals surface area contributed by atoms with E-state index in [1.807, 2.05) is 12.1 Å². The summed E-state index contributed by atoms with van der Waals surface area (Å²) in [4.78, 5) is 24.3. The summed E-state index contributed by atoms with van der Waals surface area (Å²) in [7, 11) is 1.55. The van der Waals surface area contributed by atoms with Crippen LogP contribution in [0, 0.1) is 0 Å². The number of benzene rings is 3. The highest BCUT2D eigenvalue weighted by Crippen LogP contribution is 2.32. The van der Waals surface area contributed by atoms with Gasteiger partial charge in [0.05, 0.1) is 19.2 Å². The molecule has 0 aromatic heterocycles. The van der Waals surface area contributed by atoms with Crippen LogP contribution in [-0.2, 0) is 17.5 Å². The summed E-state index contributed by atoms with van der Waals surface area (Å²) < 4.78 is 43.8. The molecule has 3 aromatic rings. The molecule has 32 heavy (non-hydrogen) atoms. The second-order valence-corrected chi connectivity index (χ2v) is 6.97. The van der Waals surface area contributed by atoms with E-state index in [-0.39, 0.29) is 19.0 Å². The predicted octanol–water partition coefficient (Wildman–Crippen LogP) is 4.43. The Morgan fingerprint density at radius 1 is 0.875 bits per heavy atom. The van der Waals surface area contributed by atoms with Gasteiger partial charge in [-0.15, -0.1) is 0 Å². The highest BCUT2D eigenvalue weighted by atomic mass is 19.4. The average molecular weight is 442 g/mol. The minimum atomic E-state index is -4.43. The first kappa shape index (κ1) is 22.9. The maximum Gasteiger partial charge on any atom is 0.416 e. The van der Waals surface area contributed by atoms with Crippen LogP contribution in [0.3, 0.4) is 0 Å². The van der Waals surface area contributed by atoms with E-state index in [1.54, 1.807) is 37.4 Å². The van der Waals surface area contributed by atoms with Gasteiger partial charge in [0.25, 0.3) is 5.91 Å². The highest BCUT2D eigenvalue weighted by Gasteiger charge is 2.30. The minimum absolute atomic E-state index is 0.210. The van der Waals surface area contributed by atoms with Gasteiger partial charge in [0.15, 0.2) is 0 Å². The first-order chi connectivity index (χ1) is 15.3. The Morgan fingerprint density at radius 3 is 2.28 bits per heavy atom. The van der Waals surface area contributed by atoms with Gasteiger partial charge >= 0.3 is 6.18 Å². The summed E-state index contributed by atoms with van der Waals surface area (Å²) in [6, 6.07) is 18.3. The van der Waals surface area contributed by atoms with Gasteiger partial charge in [-0.1, -0.05) is 36.4 Å². The summed E-state index contributed by atoms with van der Waals surface area (Å²) in [6.07, 6.45) is -4.43. The fourth-order valence-electron chi connectivity index (χ4n) is 3.00. The molecule has 2 amide bonds. The molecule has 0 aliphatic rings. The van der Waals surface area contributed by atoms with Crippen LogP contribution in [0.5, 0.6) is 5.75 Å². The summed E-state index contributed by atoms with van der Waals surface area (Å²) >= 11 is 0. The van der Waals surface area contributed by atoms with Crippen LogP contribution < -0.4 is 15.4 Å². The van der Waals surface area contributed by atoms with Crippen molar-refractivity contribution in [1.29, 1.82) is 0 Å². The molecule has 0 saturated heterocycles. The van der Waals surface area contributed by atoms with E-state index in [1.165, 1.54) is 18.2 Å². The van der Waals surface area contributed by atoms with Crippen molar-refractivity contribution in [3.05, 3.63) is 89.5 Å². The van der Waals surface area contributed by atoms with Gasteiger partial charge in [-0.25, -0.2) is 0 Å². The van der Waals surface area contributed by atoms with E-state index in [2.05, 4.69) is 10.6 Å². The molecule has 0 atom stereocenters. The molecule has 2 N–H and O–H groups in total. The Bertz CT molecular complexity index is 1100. The fraction of sp³-hybridized carbons (Fsp3) is 0.167. The van der Waals surface area contributed by atoms with Crippen molar-refractivity contribution in [2.45, 2.75) is 12.7 Å². The molecule has 0 spiro atoms. The second-order valence-electron chi connectivity index (χ2n) is 6.97. The van der Waals surface area contributed by atoms with E-state index in [4.69, 9.17) is 4.74 Å². The molecular weight excluding hydrogens is 421 g/mol. The van der Waals surface area contributed by atoms with E-state index >= 15 is 0 Å². The highest BCUT2D eigenvalue weighted by molar-refractivity contribution is 5.96. The second kappa shape index (κ2) is 10.00. The van der Waals surface area contributed by atoms with E-state index in [0.717, 1.165) is 17.7 Å². The van der Waals surface area contributed by atoms with Crippen LogP contribution in [0.4, 0.5) is 13.2 Å². The zero-order valence-corrected chi connectivity index (χ0v) is 17.2. The van der Waals surface area contributed by atoms with Gasteiger partial charge in [0, 0.05) is 12.1 Å². The monoisotopic (exact) mass is 442 g/mol. The fourth-order valence-corrected chi connectivity index (χ4v) is 3.00. The molecule has 0 unspecified atom stereocenters. The first-order valence-corrected chi connectivity index (χ1v) is 9.72. The van der Waals surface area contributed by atoms with Crippen LogP contribution in [0.2, 0.25) is 0 Å². The molecule has 8 heteroatoms. The van der Waals surface area contributed by atoms with Crippen LogP contribution in [0.1, 0.15) is 21.5 Å². The Kier molecular flexibility index (Phi) is 7.14. The zero-order valence-electron chi connectivity index (χ0n) is 17.2. The van der Waals surface area contributed by atoms with Crippen LogP contribution in [0.25, 0.3) is 11.1 Å². The first-order valence-electron chi connectivity index (χ1n) is 9.72. The molecule has 5 nitrogen and oxygen atoms in total. The largest absolute Gasteiger partial charge is 0.497 e. The molecule has 0 aliphatic carbocycles. The van der Waals surface area contributed by atoms with E-state index < -0.39 is 17.6 Å². The predicted molar refractivity (Wildman–Crippen MR) is 114 cm³/mol. The number of carbonyl (C=O) groups excluding carboxylic acids is 2. The van der Waals surface area contributed by atoms with Crippen molar-refractivity contribution in [2.24, 2.45) is 0 Å². The number of halogens is 3. The number of rotatable bonds is 7. The Hall–Kier alpha value is -3.81. The van der Waals surface area contributed by atoms with Gasteiger partial charge in [0.1, 0.15) is 5.75 Å².